The van der Waals surface area contributed by atoms with Crippen molar-refractivity contribution in [1.29, 1.82) is 5.26 Å². The Hall–Kier alpha value is -1.82. The van der Waals surface area contributed by atoms with Crippen LogP contribution in [0.5, 0.6) is 0 Å². The molecule has 1 aromatic carbocycles. The molecule has 0 unspecified atom stereocenters. The quantitative estimate of drug-likeness (QED) is 0.635. The number of hydrogen-bond acceptors (Lipinski definition) is 2. The van der Waals surface area contributed by atoms with Crippen LogP contribution in [0.2, 0.25) is 0 Å². The Balaban J connectivity index is 0.000000461. The molecule has 0 spiro atoms. The van der Waals surface area contributed by atoms with Gasteiger partial charge in [-0.15, -0.1) is 0 Å². The lowest BCUT2D eigenvalue weighted by Gasteiger charge is -1.86. The lowest BCUT2D eigenvalue weighted by Crippen LogP contribution is -1.84. The van der Waals surface area contributed by atoms with E-state index in [4.69, 9.17) is 5.26 Å². The first-order chi connectivity index (χ1) is 6.79. The van der Waals surface area contributed by atoms with E-state index in [-0.39, 0.29) is 0 Å². The Morgan fingerprint density at radius 1 is 1.36 bits per heavy atom. The number of aryl methyl sites for hydroxylation is 1. The third-order valence-electron chi connectivity index (χ3n) is 1.75. The van der Waals surface area contributed by atoms with Crippen LogP contribution in [0.25, 0.3) is 10.9 Å². The van der Waals surface area contributed by atoms with Crippen molar-refractivity contribution < 1.29 is 0 Å². The van der Waals surface area contributed by atoms with Crippen LogP contribution in [-0.2, 0) is 7.05 Å². The minimum atomic E-state index is 0.654. The van der Waals surface area contributed by atoms with Crippen LogP contribution in [0.4, 0.5) is 0 Å². The van der Waals surface area contributed by atoms with E-state index in [1.165, 1.54) is 0 Å². The average Bonchev–Trinajstić information content (AvgIpc) is 2.59. The van der Waals surface area contributed by atoms with Gasteiger partial charge >= 0.3 is 0 Å². The van der Waals surface area contributed by atoms with Crippen molar-refractivity contribution in [1.82, 2.24) is 9.78 Å². The highest BCUT2D eigenvalue weighted by atomic mass is 15.2. The summed E-state index contributed by atoms with van der Waals surface area (Å²) in [7, 11) is 1.87. The molecule has 0 aliphatic rings. The molecule has 0 aliphatic carbocycles. The van der Waals surface area contributed by atoms with E-state index in [0.717, 1.165) is 10.9 Å². The summed E-state index contributed by atoms with van der Waals surface area (Å²) in [5.74, 6) is 0. The molecule has 0 amide bonds. The fraction of sp³-hybridized carbons (Fsp3) is 0.273. The monoisotopic (exact) mass is 187 g/mol. The van der Waals surface area contributed by atoms with Gasteiger partial charge in [0.1, 0.15) is 0 Å². The lowest BCUT2D eigenvalue weighted by atomic mass is 10.2. The Labute approximate surface area is 83.6 Å². The second-order valence-corrected chi connectivity index (χ2v) is 2.69. The van der Waals surface area contributed by atoms with Gasteiger partial charge in [-0.2, -0.15) is 10.4 Å². The van der Waals surface area contributed by atoms with Gasteiger partial charge in [0, 0.05) is 18.6 Å². The average molecular weight is 187 g/mol. The van der Waals surface area contributed by atoms with Crippen molar-refractivity contribution in [2.75, 3.05) is 0 Å². The van der Waals surface area contributed by atoms with E-state index in [1.54, 1.807) is 16.8 Å². The molecule has 3 nitrogen and oxygen atoms in total. The zero-order valence-corrected chi connectivity index (χ0v) is 8.65. The summed E-state index contributed by atoms with van der Waals surface area (Å²) >= 11 is 0. The summed E-state index contributed by atoms with van der Waals surface area (Å²) < 4.78 is 1.74. The molecule has 1 heterocycles. The fourth-order valence-corrected chi connectivity index (χ4v) is 1.21. The predicted molar refractivity (Wildman–Crippen MR) is 56.8 cm³/mol. The Kier molecular flexibility index (Phi) is 3.24. The first-order valence-corrected chi connectivity index (χ1v) is 4.63. The van der Waals surface area contributed by atoms with Crippen LogP contribution in [0.1, 0.15) is 19.4 Å². The zero-order chi connectivity index (χ0) is 10.6. The molecule has 0 bridgehead atoms. The van der Waals surface area contributed by atoms with Gasteiger partial charge in [-0.05, 0) is 18.2 Å². The number of rotatable bonds is 0. The van der Waals surface area contributed by atoms with E-state index in [9.17, 15) is 0 Å². The third-order valence-corrected chi connectivity index (χ3v) is 1.75. The topological polar surface area (TPSA) is 41.6 Å². The molecule has 72 valence electrons. The van der Waals surface area contributed by atoms with Gasteiger partial charge in [-0.3, -0.25) is 4.68 Å². The summed E-state index contributed by atoms with van der Waals surface area (Å²) in [5, 5.41) is 13.9. The summed E-state index contributed by atoms with van der Waals surface area (Å²) in [4.78, 5) is 0. The summed E-state index contributed by atoms with van der Waals surface area (Å²) in [6.45, 7) is 4.00. The molecular weight excluding hydrogens is 174 g/mol. The van der Waals surface area contributed by atoms with Crippen LogP contribution in [0, 0.1) is 11.3 Å². The molecule has 0 radical (unpaired) electrons. The highest BCUT2D eigenvalue weighted by molar-refractivity contribution is 5.79. The SMILES string of the molecule is CC.Cn1cc2ccc(C#N)cc2n1. The van der Waals surface area contributed by atoms with E-state index < -0.39 is 0 Å². The smallest absolute Gasteiger partial charge is 0.0992 e. The second kappa shape index (κ2) is 4.43. The summed E-state index contributed by atoms with van der Waals surface area (Å²) in [6.07, 6.45) is 1.93. The summed E-state index contributed by atoms with van der Waals surface area (Å²) in [6, 6.07) is 7.57. The first-order valence-electron chi connectivity index (χ1n) is 4.63. The van der Waals surface area contributed by atoms with Gasteiger partial charge in [-0.25, -0.2) is 0 Å². The van der Waals surface area contributed by atoms with Crippen molar-refractivity contribution >= 4 is 10.9 Å². The maximum absolute atomic E-state index is 8.62. The van der Waals surface area contributed by atoms with Gasteiger partial charge in [-0.1, -0.05) is 13.8 Å². The van der Waals surface area contributed by atoms with Crippen molar-refractivity contribution in [2.24, 2.45) is 7.05 Å². The van der Waals surface area contributed by atoms with Crippen molar-refractivity contribution in [3.05, 3.63) is 30.0 Å². The first kappa shape index (κ1) is 10.3. The molecule has 1 aromatic heterocycles. The molecule has 0 fully saturated rings. The Morgan fingerprint density at radius 3 is 2.71 bits per heavy atom. The second-order valence-electron chi connectivity index (χ2n) is 2.69. The molecule has 0 atom stereocenters. The van der Waals surface area contributed by atoms with Crippen molar-refractivity contribution in [3.8, 4) is 6.07 Å². The summed E-state index contributed by atoms with van der Waals surface area (Å²) in [5.41, 5.74) is 1.53. The lowest BCUT2D eigenvalue weighted by molar-refractivity contribution is 0.779. The normalized spacial score (nSPS) is 9.00. The van der Waals surface area contributed by atoms with Gasteiger partial charge in [0.25, 0.3) is 0 Å². The van der Waals surface area contributed by atoms with Crippen LogP contribution in [0.3, 0.4) is 0 Å². The predicted octanol–water partition coefficient (Wildman–Crippen LogP) is 2.47. The third kappa shape index (κ3) is 1.91. The van der Waals surface area contributed by atoms with Gasteiger partial charge in [0.2, 0.25) is 0 Å². The minimum absolute atomic E-state index is 0.654. The standard InChI is InChI=1S/C9H7N3.C2H6/c1-12-6-8-3-2-7(5-10)4-9(8)11-12;1-2/h2-4,6H,1H3;1-2H3. The van der Waals surface area contributed by atoms with E-state index in [1.807, 2.05) is 33.2 Å². The molecule has 14 heavy (non-hydrogen) atoms. The van der Waals surface area contributed by atoms with Crippen molar-refractivity contribution in [3.63, 3.8) is 0 Å². The van der Waals surface area contributed by atoms with Crippen LogP contribution in [-0.4, -0.2) is 9.78 Å². The van der Waals surface area contributed by atoms with E-state index in [0.29, 0.717) is 5.56 Å². The van der Waals surface area contributed by atoms with E-state index >= 15 is 0 Å². The number of nitrogens with zero attached hydrogens (tertiary/aromatic N) is 3. The van der Waals surface area contributed by atoms with Crippen LogP contribution >= 0.6 is 0 Å². The van der Waals surface area contributed by atoms with Gasteiger partial charge in [0.05, 0.1) is 17.1 Å². The molecule has 0 N–H and O–H groups in total. The molecule has 2 rings (SSSR count). The van der Waals surface area contributed by atoms with Crippen LogP contribution < -0.4 is 0 Å². The number of hydrogen-bond donors (Lipinski definition) is 0. The molecule has 0 saturated carbocycles. The molecule has 0 saturated heterocycles. The molecule has 2 aromatic rings. The van der Waals surface area contributed by atoms with E-state index in [2.05, 4.69) is 11.2 Å². The van der Waals surface area contributed by atoms with Gasteiger partial charge in [0.15, 0.2) is 0 Å². The molecule has 3 heteroatoms. The van der Waals surface area contributed by atoms with Crippen molar-refractivity contribution in [2.45, 2.75) is 13.8 Å². The highest BCUT2D eigenvalue weighted by Gasteiger charge is 1.98. The zero-order valence-electron chi connectivity index (χ0n) is 8.65. The van der Waals surface area contributed by atoms with Crippen LogP contribution in [0.15, 0.2) is 24.4 Å². The largest absolute Gasteiger partial charge is 0.275 e. The fourth-order valence-electron chi connectivity index (χ4n) is 1.21. The number of benzene rings is 1. The maximum atomic E-state index is 8.62. The number of aromatic nitrogens is 2. The molecular formula is C11H13N3. The Morgan fingerprint density at radius 2 is 2.07 bits per heavy atom. The highest BCUT2D eigenvalue weighted by Crippen LogP contribution is 2.12. The molecule has 0 aliphatic heterocycles. The number of fused-ring (bicyclic) bond motifs is 1. The Bertz CT molecular complexity index is 463. The van der Waals surface area contributed by atoms with Gasteiger partial charge < -0.3 is 0 Å². The number of nitriles is 1. The maximum Gasteiger partial charge on any atom is 0.0992 e. The minimum Gasteiger partial charge on any atom is -0.275 e.